The van der Waals surface area contributed by atoms with Gasteiger partial charge in [-0.25, -0.2) is 4.98 Å². The molecular formula is C22H22ClNO4S. The first-order valence-electron chi connectivity index (χ1n) is 9.72. The van der Waals surface area contributed by atoms with E-state index in [-0.39, 0.29) is 18.2 Å². The molecule has 0 saturated carbocycles. The number of aromatic nitrogens is 1. The molecule has 1 aromatic carbocycles. The summed E-state index contributed by atoms with van der Waals surface area (Å²) in [7, 11) is 0. The van der Waals surface area contributed by atoms with Gasteiger partial charge < -0.3 is 9.47 Å². The number of hydrogen-bond donors (Lipinski definition) is 0. The van der Waals surface area contributed by atoms with Crippen molar-refractivity contribution in [3.63, 3.8) is 0 Å². The zero-order valence-corrected chi connectivity index (χ0v) is 17.7. The molecule has 2 aliphatic rings. The molecule has 2 aromatic rings. The van der Waals surface area contributed by atoms with Crippen LogP contribution in [-0.4, -0.2) is 29.8 Å². The van der Waals surface area contributed by atoms with Crippen molar-refractivity contribution in [3.8, 4) is 5.75 Å². The molecule has 0 amide bonds. The minimum Gasteiger partial charge on any atom is -0.486 e. The summed E-state index contributed by atoms with van der Waals surface area (Å²) < 4.78 is 11.1. The van der Waals surface area contributed by atoms with E-state index in [1.54, 1.807) is 24.3 Å². The average Bonchev–Trinajstić information content (AvgIpc) is 3.20. The highest BCUT2D eigenvalue weighted by molar-refractivity contribution is 7.11. The van der Waals surface area contributed by atoms with Crippen molar-refractivity contribution in [2.75, 3.05) is 13.2 Å². The molecule has 1 atom stereocenters. The van der Waals surface area contributed by atoms with Crippen molar-refractivity contribution in [2.45, 2.75) is 38.7 Å². The Bertz CT molecular complexity index is 944. The molecule has 1 aliphatic heterocycles. The zero-order chi connectivity index (χ0) is 20.4. The van der Waals surface area contributed by atoms with Crippen LogP contribution < -0.4 is 4.74 Å². The number of rotatable bonds is 6. The van der Waals surface area contributed by atoms with Gasteiger partial charge in [-0.05, 0) is 62.4 Å². The third-order valence-corrected chi connectivity index (χ3v) is 6.57. The number of Topliss-reactive ketones (excluding diaryl/α,β-unsaturated/α-hetero) is 1. The highest BCUT2D eigenvalue weighted by Gasteiger charge is 2.39. The molecule has 1 fully saturated rings. The van der Waals surface area contributed by atoms with Gasteiger partial charge in [-0.15, -0.1) is 11.3 Å². The van der Waals surface area contributed by atoms with Gasteiger partial charge in [0.05, 0.1) is 5.69 Å². The number of carbonyl (C=O) groups is 2. The molecule has 2 heterocycles. The molecule has 4 rings (SSSR count). The first kappa shape index (κ1) is 20.3. The molecule has 29 heavy (non-hydrogen) atoms. The molecule has 0 N–H and O–H groups in total. The van der Waals surface area contributed by atoms with Crippen molar-refractivity contribution < 1.29 is 19.1 Å². The van der Waals surface area contributed by atoms with E-state index in [9.17, 15) is 9.59 Å². The molecule has 1 unspecified atom stereocenters. The van der Waals surface area contributed by atoms with Gasteiger partial charge in [-0.2, -0.15) is 0 Å². The summed E-state index contributed by atoms with van der Waals surface area (Å²) in [6.07, 6.45) is 4.06. The molecule has 1 saturated heterocycles. The van der Waals surface area contributed by atoms with Crippen LogP contribution in [0.5, 0.6) is 5.75 Å². The van der Waals surface area contributed by atoms with Gasteiger partial charge in [0.1, 0.15) is 23.3 Å². The number of halogens is 1. The molecule has 5 nitrogen and oxygen atoms in total. The molecule has 0 radical (unpaired) electrons. The number of nitrogens with zero attached hydrogens (tertiary/aromatic N) is 1. The fraction of sp³-hybridized carbons (Fsp3) is 0.409. The van der Waals surface area contributed by atoms with Crippen LogP contribution in [0.4, 0.5) is 0 Å². The van der Waals surface area contributed by atoms with Crippen molar-refractivity contribution in [2.24, 2.45) is 5.92 Å². The molecule has 0 bridgehead atoms. The van der Waals surface area contributed by atoms with E-state index in [0.717, 1.165) is 35.9 Å². The van der Waals surface area contributed by atoms with Gasteiger partial charge in [-0.1, -0.05) is 11.6 Å². The summed E-state index contributed by atoms with van der Waals surface area (Å²) in [6.45, 7) is 3.64. The first-order valence-corrected chi connectivity index (χ1v) is 10.9. The van der Waals surface area contributed by atoms with Crippen LogP contribution in [0.1, 0.15) is 40.8 Å². The van der Waals surface area contributed by atoms with Gasteiger partial charge in [0, 0.05) is 28.7 Å². The third-order valence-electron chi connectivity index (χ3n) is 5.36. The average molecular weight is 432 g/mol. The fourth-order valence-electron chi connectivity index (χ4n) is 3.79. The summed E-state index contributed by atoms with van der Waals surface area (Å²) in [5.41, 5.74) is 1.20. The van der Waals surface area contributed by atoms with Gasteiger partial charge >= 0.3 is 0 Å². The number of benzene rings is 1. The van der Waals surface area contributed by atoms with Crippen LogP contribution in [-0.2, 0) is 20.9 Å². The summed E-state index contributed by atoms with van der Waals surface area (Å²) in [5, 5.41) is 1.39. The lowest BCUT2D eigenvalue weighted by atomic mass is 9.89. The maximum Gasteiger partial charge on any atom is 0.175 e. The maximum atomic E-state index is 13.0. The summed E-state index contributed by atoms with van der Waals surface area (Å²) in [5.74, 6) is 0.0451. The monoisotopic (exact) mass is 431 g/mol. The van der Waals surface area contributed by atoms with Gasteiger partial charge in [0.25, 0.3) is 0 Å². The van der Waals surface area contributed by atoms with Crippen molar-refractivity contribution in [1.29, 1.82) is 0 Å². The standard InChI is InChI=1S/C22H22ClNO4S/c1-13-21(24-19(29-13)12-28-17-4-2-16(23)3-5-17)20-18(25)11-15(22(20)26)10-14-6-8-27-9-7-14/h2-5,11,14,20H,6-10,12H2,1H3. The quantitative estimate of drug-likeness (QED) is 0.622. The molecule has 7 heteroatoms. The Kier molecular flexibility index (Phi) is 6.13. The van der Waals surface area contributed by atoms with E-state index in [4.69, 9.17) is 21.1 Å². The Morgan fingerprint density at radius 2 is 1.93 bits per heavy atom. The maximum absolute atomic E-state index is 13.0. The fourth-order valence-corrected chi connectivity index (χ4v) is 4.80. The Labute approximate surface area is 178 Å². The number of aryl methyl sites for hydroxylation is 1. The van der Waals surface area contributed by atoms with E-state index < -0.39 is 5.92 Å². The molecule has 1 aliphatic carbocycles. The Morgan fingerprint density at radius 3 is 2.66 bits per heavy atom. The van der Waals surface area contributed by atoms with Crippen molar-refractivity contribution >= 4 is 34.5 Å². The minimum atomic E-state index is -0.801. The smallest absolute Gasteiger partial charge is 0.175 e. The van der Waals surface area contributed by atoms with E-state index in [0.29, 0.717) is 34.4 Å². The van der Waals surface area contributed by atoms with E-state index in [2.05, 4.69) is 4.98 Å². The van der Waals surface area contributed by atoms with Crippen LogP contribution in [0.3, 0.4) is 0 Å². The van der Waals surface area contributed by atoms with Gasteiger partial charge in [0.15, 0.2) is 11.6 Å². The number of ether oxygens (including phenoxy) is 2. The molecule has 0 spiro atoms. The number of thiazole rings is 1. The minimum absolute atomic E-state index is 0.0972. The van der Waals surface area contributed by atoms with Crippen LogP contribution in [0, 0.1) is 12.8 Å². The topological polar surface area (TPSA) is 65.5 Å². The van der Waals surface area contributed by atoms with E-state index in [1.165, 1.54) is 17.4 Å². The normalized spacial score (nSPS) is 20.2. The van der Waals surface area contributed by atoms with Gasteiger partial charge in [-0.3, -0.25) is 9.59 Å². The van der Waals surface area contributed by atoms with Crippen LogP contribution in [0.25, 0.3) is 0 Å². The van der Waals surface area contributed by atoms with Gasteiger partial charge in [0.2, 0.25) is 0 Å². The Balaban J connectivity index is 1.43. The summed E-state index contributed by atoms with van der Waals surface area (Å²) in [6, 6.07) is 7.11. The van der Waals surface area contributed by atoms with Crippen LogP contribution in [0.2, 0.25) is 5.02 Å². The second kappa shape index (κ2) is 8.78. The van der Waals surface area contributed by atoms with E-state index >= 15 is 0 Å². The highest BCUT2D eigenvalue weighted by Crippen LogP contribution is 2.36. The molecule has 1 aromatic heterocycles. The molecule has 152 valence electrons. The number of hydrogen-bond acceptors (Lipinski definition) is 6. The lowest BCUT2D eigenvalue weighted by molar-refractivity contribution is -0.123. The van der Waals surface area contributed by atoms with Crippen LogP contribution >= 0.6 is 22.9 Å². The van der Waals surface area contributed by atoms with Crippen molar-refractivity contribution in [1.82, 2.24) is 4.98 Å². The zero-order valence-electron chi connectivity index (χ0n) is 16.2. The SMILES string of the molecule is Cc1sc(COc2ccc(Cl)cc2)nc1C1C(=O)C=C(CC2CCOCC2)C1=O. The largest absolute Gasteiger partial charge is 0.486 e. The first-order chi connectivity index (χ1) is 14.0. The number of allylic oxidation sites excluding steroid dienone is 2. The lowest BCUT2D eigenvalue weighted by Gasteiger charge is -2.22. The summed E-state index contributed by atoms with van der Waals surface area (Å²) >= 11 is 7.34. The van der Waals surface area contributed by atoms with Crippen molar-refractivity contribution in [3.05, 3.63) is 56.5 Å². The predicted octanol–water partition coefficient (Wildman–Crippen LogP) is 4.66. The Morgan fingerprint density at radius 1 is 1.21 bits per heavy atom. The molecular weight excluding hydrogens is 410 g/mol. The lowest BCUT2D eigenvalue weighted by Crippen LogP contribution is -2.20. The van der Waals surface area contributed by atoms with E-state index in [1.807, 2.05) is 6.92 Å². The third kappa shape index (κ3) is 4.60. The summed E-state index contributed by atoms with van der Waals surface area (Å²) in [4.78, 5) is 31.0. The van der Waals surface area contributed by atoms with Crippen LogP contribution in [0.15, 0.2) is 35.9 Å². The second-order valence-electron chi connectivity index (χ2n) is 7.42. The predicted molar refractivity (Wildman–Crippen MR) is 112 cm³/mol. The second-order valence-corrected chi connectivity index (χ2v) is 9.14. The Hall–Kier alpha value is -2.02. The number of ketones is 2. The number of carbonyl (C=O) groups excluding carboxylic acids is 2. The highest BCUT2D eigenvalue weighted by atomic mass is 35.5.